The predicted molar refractivity (Wildman–Crippen MR) is 223 cm³/mol. The van der Waals surface area contributed by atoms with E-state index in [1.807, 2.05) is 27.7 Å². The number of aliphatic hydroxyl groups is 2. The Labute approximate surface area is 346 Å². The molecule has 16 heteroatoms. The summed E-state index contributed by atoms with van der Waals surface area (Å²) in [7, 11) is -1.93. The smallest absolute Gasteiger partial charge is 0.350 e. The van der Waals surface area contributed by atoms with Gasteiger partial charge in [-0.05, 0) is 62.8 Å². The van der Waals surface area contributed by atoms with Crippen LogP contribution in [0.15, 0.2) is 29.2 Å². The van der Waals surface area contributed by atoms with Crippen LogP contribution in [0.25, 0.3) is 0 Å². The Morgan fingerprint density at radius 3 is 1.86 bits per heavy atom. The van der Waals surface area contributed by atoms with Gasteiger partial charge in [-0.1, -0.05) is 98.1 Å². The molecular weight excluding hydrogens is 767 g/mol. The van der Waals surface area contributed by atoms with Crippen LogP contribution in [0.3, 0.4) is 0 Å². The SMILES string of the molecule is CCCCCCCC/C=C/CCCCCCCC(=O)Cc1ccn([C@@H]2O[C@H](COP(=O)(N[C@@H](CC(C)C)C(=O)OC)N[C@@H](CC(C)C)C(=O)OC)[C@@H](O)[C@@H]2O)c(=O)n1. The molecule has 1 aromatic rings. The van der Waals surface area contributed by atoms with E-state index < -0.39 is 68.5 Å². The number of ketones is 1. The van der Waals surface area contributed by atoms with Crippen molar-refractivity contribution in [2.24, 2.45) is 11.8 Å². The maximum Gasteiger partial charge on any atom is 0.350 e. The molecule has 0 bridgehead atoms. The van der Waals surface area contributed by atoms with E-state index >= 15 is 0 Å². The maximum absolute atomic E-state index is 14.4. The van der Waals surface area contributed by atoms with Gasteiger partial charge in [0.25, 0.3) is 0 Å². The number of aromatic nitrogens is 2. The lowest BCUT2D eigenvalue weighted by atomic mass is 10.0. The fraction of sp³-hybridized carbons (Fsp3) is 0.786. The van der Waals surface area contributed by atoms with Crippen molar-refractivity contribution in [3.8, 4) is 0 Å². The van der Waals surface area contributed by atoms with Gasteiger partial charge in [0.1, 0.15) is 36.2 Å². The van der Waals surface area contributed by atoms with Crippen LogP contribution in [0.2, 0.25) is 0 Å². The first kappa shape index (κ1) is 51.4. The number of allylic oxidation sites excluding steroid dienone is 2. The first-order valence-electron chi connectivity index (χ1n) is 21.4. The van der Waals surface area contributed by atoms with E-state index in [-0.39, 0.29) is 42.6 Å². The summed E-state index contributed by atoms with van der Waals surface area (Å²) in [5.41, 5.74) is -0.504. The molecule has 0 aromatic carbocycles. The van der Waals surface area contributed by atoms with Crippen LogP contribution >= 0.6 is 7.67 Å². The van der Waals surface area contributed by atoms with Crippen molar-refractivity contribution in [2.75, 3.05) is 20.8 Å². The molecule has 58 heavy (non-hydrogen) atoms. The van der Waals surface area contributed by atoms with Gasteiger partial charge in [-0.15, -0.1) is 0 Å². The second kappa shape index (κ2) is 27.9. The van der Waals surface area contributed by atoms with Gasteiger partial charge in [-0.3, -0.25) is 23.5 Å². The summed E-state index contributed by atoms with van der Waals surface area (Å²) in [6.07, 6.45) is 16.1. The quantitative estimate of drug-likeness (QED) is 0.0273. The van der Waals surface area contributed by atoms with Crippen LogP contribution in [0.1, 0.15) is 149 Å². The Kier molecular flexibility index (Phi) is 24.7. The van der Waals surface area contributed by atoms with Gasteiger partial charge < -0.3 is 28.9 Å². The number of hydrogen-bond acceptors (Lipinski definition) is 12. The van der Waals surface area contributed by atoms with E-state index in [1.54, 1.807) is 0 Å². The number of aliphatic hydroxyl groups excluding tert-OH is 2. The van der Waals surface area contributed by atoms with Crippen LogP contribution in [0, 0.1) is 11.8 Å². The minimum atomic E-state index is -4.31. The minimum absolute atomic E-state index is 0.00527. The number of rotatable bonds is 31. The Bertz CT molecular complexity index is 1470. The van der Waals surface area contributed by atoms with Crippen LogP contribution in [-0.2, 0) is 44.1 Å². The third kappa shape index (κ3) is 19.1. The zero-order valence-corrected chi connectivity index (χ0v) is 37.0. The summed E-state index contributed by atoms with van der Waals surface area (Å²) in [5.74, 6) is -1.48. The second-order valence-corrected chi connectivity index (χ2v) is 18.1. The van der Waals surface area contributed by atoms with E-state index in [0.29, 0.717) is 6.42 Å². The van der Waals surface area contributed by atoms with Crippen LogP contribution in [0.4, 0.5) is 0 Å². The predicted octanol–water partition coefficient (Wildman–Crippen LogP) is 6.49. The standard InChI is InChI=1S/C42H73N4O11P/c1-8-9-10-11-12-13-14-15-16-17-18-19-20-21-22-23-33(47)28-32-24-25-46(42(52)43-32)39-38(49)37(48)36(57-39)29-56-58(53,44-34(26-30(2)3)40(50)54-6)45-35(27-31(4)5)41(51)55-7/h15-16,24-25,30-31,34-39,48-49H,8-14,17-23,26-29H2,1-7H3,(H2,44,45,53)/b16-15+/t34-,35-,36+,37+,38-,39+/m0/s1. The second-order valence-electron chi connectivity index (χ2n) is 16.2. The van der Waals surface area contributed by atoms with Crippen molar-refractivity contribution < 1.29 is 47.9 Å². The summed E-state index contributed by atoms with van der Waals surface area (Å²) in [6.45, 7) is 9.10. The molecule has 0 aliphatic carbocycles. The van der Waals surface area contributed by atoms with Crippen molar-refractivity contribution in [3.63, 3.8) is 0 Å². The number of carbonyl (C=O) groups is 3. The molecule has 1 saturated heterocycles. The highest BCUT2D eigenvalue weighted by Crippen LogP contribution is 2.42. The highest BCUT2D eigenvalue weighted by atomic mass is 31.2. The van der Waals surface area contributed by atoms with Crippen molar-refractivity contribution in [3.05, 3.63) is 40.6 Å². The lowest BCUT2D eigenvalue weighted by Gasteiger charge is -2.30. The summed E-state index contributed by atoms with van der Waals surface area (Å²) in [5, 5.41) is 27.2. The zero-order chi connectivity index (χ0) is 43.1. The van der Waals surface area contributed by atoms with E-state index in [4.69, 9.17) is 18.7 Å². The topological polar surface area (TPSA) is 205 Å². The largest absolute Gasteiger partial charge is 0.468 e. The van der Waals surface area contributed by atoms with Gasteiger partial charge in [0.15, 0.2) is 6.23 Å². The molecule has 15 nitrogen and oxygen atoms in total. The highest BCUT2D eigenvalue weighted by Gasteiger charge is 2.46. The Morgan fingerprint density at radius 1 is 0.845 bits per heavy atom. The number of hydrogen-bond donors (Lipinski definition) is 4. The Hall–Kier alpha value is -2.78. The number of esters is 2. The number of methoxy groups -OCH3 is 2. The molecule has 0 amide bonds. The van der Waals surface area contributed by atoms with Crippen molar-refractivity contribution in [1.82, 2.24) is 19.7 Å². The number of Topliss-reactive ketones (excluding diaryl/α,β-unsaturated/α-hetero) is 1. The molecule has 2 heterocycles. The van der Waals surface area contributed by atoms with Crippen molar-refractivity contribution in [1.29, 1.82) is 0 Å². The van der Waals surface area contributed by atoms with E-state index in [0.717, 1.165) is 49.5 Å². The number of carbonyl (C=O) groups excluding carboxylic acids is 3. The first-order chi connectivity index (χ1) is 27.6. The number of nitrogens with zero attached hydrogens (tertiary/aromatic N) is 2. The average molecular weight is 841 g/mol. The lowest BCUT2D eigenvalue weighted by molar-refractivity contribution is -0.143. The third-order valence-corrected chi connectivity index (χ3v) is 11.9. The fourth-order valence-corrected chi connectivity index (χ4v) is 8.67. The third-order valence-electron chi connectivity index (χ3n) is 10.1. The van der Waals surface area contributed by atoms with Gasteiger partial charge >= 0.3 is 25.3 Å². The normalized spacial score (nSPS) is 19.6. The number of unbranched alkanes of at least 4 members (excludes halogenated alkanes) is 11. The summed E-state index contributed by atoms with van der Waals surface area (Å²) < 4.78 is 36.8. The monoisotopic (exact) mass is 841 g/mol. The van der Waals surface area contributed by atoms with E-state index in [1.165, 1.54) is 65.0 Å². The van der Waals surface area contributed by atoms with Gasteiger partial charge in [0.05, 0.1) is 26.5 Å². The molecule has 0 radical (unpaired) electrons. The molecule has 0 saturated carbocycles. The van der Waals surface area contributed by atoms with Crippen molar-refractivity contribution in [2.45, 2.75) is 180 Å². The summed E-state index contributed by atoms with van der Waals surface area (Å²) >= 11 is 0. The van der Waals surface area contributed by atoms with Gasteiger partial charge in [0.2, 0.25) is 0 Å². The molecule has 2 rings (SSSR count). The van der Waals surface area contributed by atoms with Gasteiger partial charge in [-0.2, -0.15) is 4.98 Å². The zero-order valence-electron chi connectivity index (χ0n) is 36.1. The summed E-state index contributed by atoms with van der Waals surface area (Å²) in [4.78, 5) is 55.1. The molecule has 1 aliphatic heterocycles. The average Bonchev–Trinajstić information content (AvgIpc) is 3.45. The molecular formula is C42H73N4O11P. The Balaban J connectivity index is 1.95. The molecule has 1 aliphatic rings. The molecule has 1 aromatic heterocycles. The minimum Gasteiger partial charge on any atom is -0.468 e. The van der Waals surface area contributed by atoms with E-state index in [9.17, 15) is 34.0 Å². The number of ether oxygens (including phenoxy) is 3. The Morgan fingerprint density at radius 2 is 1.36 bits per heavy atom. The first-order valence-corrected chi connectivity index (χ1v) is 23.0. The molecule has 4 N–H and O–H groups in total. The fourth-order valence-electron chi connectivity index (χ4n) is 6.85. The van der Waals surface area contributed by atoms with Crippen LogP contribution in [-0.4, -0.2) is 88.7 Å². The summed E-state index contributed by atoms with van der Waals surface area (Å²) in [6, 6.07) is -0.687. The van der Waals surface area contributed by atoms with Crippen LogP contribution < -0.4 is 15.9 Å². The maximum atomic E-state index is 14.4. The van der Waals surface area contributed by atoms with Gasteiger partial charge in [-0.25, -0.2) is 15.0 Å². The number of nitrogens with one attached hydrogen (secondary N) is 2. The highest BCUT2D eigenvalue weighted by molar-refractivity contribution is 7.54. The molecule has 0 spiro atoms. The molecule has 1 fully saturated rings. The van der Waals surface area contributed by atoms with Crippen molar-refractivity contribution >= 4 is 25.4 Å². The van der Waals surface area contributed by atoms with E-state index in [2.05, 4.69) is 34.2 Å². The molecule has 6 atom stereocenters. The molecule has 332 valence electrons. The van der Waals surface area contributed by atoms with Crippen LogP contribution in [0.5, 0.6) is 0 Å². The van der Waals surface area contributed by atoms with Gasteiger partial charge in [0, 0.05) is 19.0 Å². The lowest BCUT2D eigenvalue weighted by Crippen LogP contribution is -2.46. The molecule has 0 unspecified atom stereocenters.